The number of rotatable bonds is 63. The van der Waals surface area contributed by atoms with E-state index in [0.29, 0.717) is 19.3 Å². The van der Waals surface area contributed by atoms with Crippen molar-refractivity contribution in [3.8, 4) is 0 Å². The lowest BCUT2D eigenvalue weighted by molar-refractivity contribution is -0.167. The molecule has 0 saturated carbocycles. The molecular formula is C75H130O6. The van der Waals surface area contributed by atoms with Crippen molar-refractivity contribution >= 4 is 17.9 Å². The van der Waals surface area contributed by atoms with Crippen LogP contribution in [0.1, 0.15) is 342 Å². The maximum Gasteiger partial charge on any atom is 0.306 e. The van der Waals surface area contributed by atoms with E-state index in [1.807, 2.05) is 0 Å². The standard InChI is InChI=1S/C75H130O6/c1-4-7-10-13-16-19-22-25-28-30-32-33-34-35-36-37-38-39-40-41-43-44-47-50-53-56-59-62-65-68-74(77)80-71-72(70-79-73(76)67-64-61-58-55-52-49-46-27-24-21-18-15-12-9-6-3)81-75(78)69-66-63-60-57-54-51-48-45-42-31-29-26-23-20-17-14-11-8-5-2/h7,9-10,12,16,18-19,21,25,27-28,32-33,46,52,55,72H,4-6,8,11,13-15,17,20,22-24,26,29-31,34-45,47-51,53-54,56-71H2,1-3H3/b10-7-,12-9-,19-16-,21-18-,28-25-,33-32-,46-27-,55-52-. The first kappa shape index (κ1) is 77.3. The van der Waals surface area contributed by atoms with Crippen molar-refractivity contribution in [1.82, 2.24) is 0 Å². The maximum atomic E-state index is 12.9. The molecule has 0 rings (SSSR count). The van der Waals surface area contributed by atoms with E-state index in [0.717, 1.165) is 109 Å². The third-order valence-electron chi connectivity index (χ3n) is 15.1. The molecule has 0 radical (unpaired) electrons. The van der Waals surface area contributed by atoms with Crippen LogP contribution in [0.25, 0.3) is 0 Å². The van der Waals surface area contributed by atoms with E-state index in [1.165, 1.54) is 193 Å². The van der Waals surface area contributed by atoms with E-state index >= 15 is 0 Å². The summed E-state index contributed by atoms with van der Waals surface area (Å²) in [5, 5.41) is 0. The molecule has 466 valence electrons. The summed E-state index contributed by atoms with van der Waals surface area (Å²) in [6.45, 7) is 6.43. The van der Waals surface area contributed by atoms with Gasteiger partial charge in [-0.2, -0.15) is 0 Å². The average molecular weight is 1130 g/mol. The van der Waals surface area contributed by atoms with Crippen LogP contribution in [0.4, 0.5) is 0 Å². The van der Waals surface area contributed by atoms with E-state index < -0.39 is 6.10 Å². The lowest BCUT2D eigenvalue weighted by Crippen LogP contribution is -2.30. The Morgan fingerprint density at radius 3 is 0.778 bits per heavy atom. The Kier molecular flexibility index (Phi) is 65.7. The summed E-state index contributed by atoms with van der Waals surface area (Å²) >= 11 is 0. The number of ether oxygens (including phenoxy) is 3. The number of carbonyl (C=O) groups excluding carboxylic acids is 3. The van der Waals surface area contributed by atoms with Gasteiger partial charge in [0.25, 0.3) is 0 Å². The largest absolute Gasteiger partial charge is 0.462 e. The van der Waals surface area contributed by atoms with E-state index in [1.54, 1.807) is 0 Å². The molecule has 0 aromatic heterocycles. The first-order chi connectivity index (χ1) is 40.0. The molecule has 1 unspecified atom stereocenters. The van der Waals surface area contributed by atoms with Gasteiger partial charge >= 0.3 is 17.9 Å². The molecule has 0 bridgehead atoms. The molecule has 0 saturated heterocycles. The van der Waals surface area contributed by atoms with E-state index in [4.69, 9.17) is 14.2 Å². The SMILES string of the molecule is CC/C=C\C/C=C\C/C=C\C/C=C\CCCCCCCCCCCCCCCCCCC(=O)OCC(COC(=O)CCCC/C=C\C/C=C\C/C=C\C/C=C\CC)OC(=O)CCCCCCCCCCCCCCCCCCCCC. The lowest BCUT2D eigenvalue weighted by atomic mass is 10.0. The number of carbonyl (C=O) groups is 3. The van der Waals surface area contributed by atoms with Crippen LogP contribution in [0, 0.1) is 0 Å². The highest BCUT2D eigenvalue weighted by atomic mass is 16.6. The molecular weight excluding hydrogens is 997 g/mol. The minimum atomic E-state index is -0.794. The molecule has 6 heteroatoms. The highest BCUT2D eigenvalue weighted by molar-refractivity contribution is 5.71. The molecule has 0 heterocycles. The number of hydrogen-bond donors (Lipinski definition) is 0. The van der Waals surface area contributed by atoms with Crippen LogP contribution in [-0.4, -0.2) is 37.2 Å². The Balaban J connectivity index is 4.28. The van der Waals surface area contributed by atoms with Crippen molar-refractivity contribution < 1.29 is 28.6 Å². The molecule has 0 amide bonds. The second-order valence-corrected chi connectivity index (χ2v) is 23.0. The second kappa shape index (κ2) is 68.8. The van der Waals surface area contributed by atoms with Crippen LogP contribution in [-0.2, 0) is 28.6 Å². The fraction of sp³-hybridized carbons (Fsp3) is 0.747. The summed E-state index contributed by atoms with van der Waals surface area (Å²) in [7, 11) is 0. The smallest absolute Gasteiger partial charge is 0.306 e. The normalized spacial score (nSPS) is 12.7. The number of allylic oxidation sites excluding steroid dienone is 16. The number of hydrogen-bond acceptors (Lipinski definition) is 6. The quantitative estimate of drug-likeness (QED) is 0.0261. The fourth-order valence-corrected chi connectivity index (χ4v) is 9.96. The van der Waals surface area contributed by atoms with Gasteiger partial charge in [-0.25, -0.2) is 0 Å². The highest BCUT2D eigenvalue weighted by Crippen LogP contribution is 2.18. The van der Waals surface area contributed by atoms with Gasteiger partial charge in [0.1, 0.15) is 13.2 Å². The van der Waals surface area contributed by atoms with Crippen LogP contribution >= 0.6 is 0 Å². The molecule has 0 N–H and O–H groups in total. The number of unbranched alkanes of at least 4 members (excludes halogenated alkanes) is 36. The van der Waals surface area contributed by atoms with Crippen LogP contribution < -0.4 is 0 Å². The predicted octanol–water partition coefficient (Wildman–Crippen LogP) is 24.0. The summed E-state index contributed by atoms with van der Waals surface area (Å²) < 4.78 is 16.9. The summed E-state index contributed by atoms with van der Waals surface area (Å²) in [5.41, 5.74) is 0. The second-order valence-electron chi connectivity index (χ2n) is 23.0. The zero-order valence-corrected chi connectivity index (χ0v) is 53.5. The zero-order chi connectivity index (χ0) is 58.5. The third-order valence-corrected chi connectivity index (χ3v) is 15.1. The highest BCUT2D eigenvalue weighted by Gasteiger charge is 2.19. The van der Waals surface area contributed by atoms with Crippen molar-refractivity contribution in [2.75, 3.05) is 13.2 Å². The fourth-order valence-electron chi connectivity index (χ4n) is 9.96. The van der Waals surface area contributed by atoms with Crippen LogP contribution in [0.3, 0.4) is 0 Å². The molecule has 1 atom stereocenters. The summed E-state index contributed by atoms with van der Waals surface area (Å²) in [5.74, 6) is -0.912. The average Bonchev–Trinajstić information content (AvgIpc) is 3.47. The zero-order valence-electron chi connectivity index (χ0n) is 53.5. The molecule has 6 nitrogen and oxygen atoms in total. The molecule has 0 spiro atoms. The molecule has 0 aliphatic heterocycles. The van der Waals surface area contributed by atoms with Crippen molar-refractivity contribution in [3.05, 3.63) is 97.2 Å². The van der Waals surface area contributed by atoms with Gasteiger partial charge in [0.2, 0.25) is 0 Å². The lowest BCUT2D eigenvalue weighted by Gasteiger charge is -2.18. The Bertz CT molecular complexity index is 1580. The van der Waals surface area contributed by atoms with Gasteiger partial charge in [0.05, 0.1) is 0 Å². The first-order valence-corrected chi connectivity index (χ1v) is 34.7. The van der Waals surface area contributed by atoms with Crippen LogP contribution in [0.2, 0.25) is 0 Å². The Hall–Kier alpha value is -3.67. The Morgan fingerprint density at radius 1 is 0.259 bits per heavy atom. The maximum absolute atomic E-state index is 12.9. The molecule has 0 aliphatic rings. The topological polar surface area (TPSA) is 78.9 Å². The molecule has 81 heavy (non-hydrogen) atoms. The first-order valence-electron chi connectivity index (χ1n) is 34.7. The molecule has 0 aromatic carbocycles. The summed E-state index contributed by atoms with van der Waals surface area (Å²) in [6, 6.07) is 0. The summed E-state index contributed by atoms with van der Waals surface area (Å²) in [4.78, 5) is 38.4. The molecule has 0 fully saturated rings. The van der Waals surface area contributed by atoms with Crippen molar-refractivity contribution in [2.24, 2.45) is 0 Å². The number of esters is 3. The van der Waals surface area contributed by atoms with E-state index in [-0.39, 0.29) is 31.1 Å². The van der Waals surface area contributed by atoms with E-state index in [9.17, 15) is 14.4 Å². The predicted molar refractivity (Wildman–Crippen MR) is 353 cm³/mol. The minimum absolute atomic E-state index is 0.0867. The van der Waals surface area contributed by atoms with Crippen LogP contribution in [0.15, 0.2) is 97.2 Å². The van der Waals surface area contributed by atoms with Crippen molar-refractivity contribution in [3.63, 3.8) is 0 Å². The Morgan fingerprint density at radius 2 is 0.481 bits per heavy atom. The van der Waals surface area contributed by atoms with Gasteiger partial charge in [-0.3, -0.25) is 14.4 Å². The van der Waals surface area contributed by atoms with Crippen LogP contribution in [0.5, 0.6) is 0 Å². The molecule has 0 aromatic rings. The van der Waals surface area contributed by atoms with Crippen molar-refractivity contribution in [1.29, 1.82) is 0 Å². The van der Waals surface area contributed by atoms with Gasteiger partial charge in [0.15, 0.2) is 6.10 Å². The van der Waals surface area contributed by atoms with Gasteiger partial charge in [0, 0.05) is 19.3 Å². The van der Waals surface area contributed by atoms with Gasteiger partial charge in [-0.05, 0) is 96.3 Å². The van der Waals surface area contributed by atoms with E-state index in [2.05, 4.69) is 118 Å². The monoisotopic (exact) mass is 1130 g/mol. The Labute approximate surface area is 502 Å². The third kappa shape index (κ3) is 67.0. The summed E-state index contributed by atoms with van der Waals surface area (Å²) in [6.07, 6.45) is 93.0. The minimum Gasteiger partial charge on any atom is -0.462 e. The molecule has 0 aliphatic carbocycles. The van der Waals surface area contributed by atoms with Gasteiger partial charge in [-0.15, -0.1) is 0 Å². The van der Waals surface area contributed by atoms with Crippen molar-refractivity contribution in [2.45, 2.75) is 348 Å². The van der Waals surface area contributed by atoms with Gasteiger partial charge in [-0.1, -0.05) is 323 Å². The van der Waals surface area contributed by atoms with Gasteiger partial charge < -0.3 is 14.2 Å².